The molecule has 2 heteroatoms. The number of benzene rings is 1. The SMILES string of the molecule is Cc1ccc(CC2(CCl)CCC2)c(Cl)c1. The average molecular weight is 243 g/mol. The van der Waals surface area contributed by atoms with Crippen molar-refractivity contribution in [3.8, 4) is 0 Å². The molecule has 82 valence electrons. The number of rotatable bonds is 3. The predicted octanol–water partition coefficient (Wildman–Crippen LogP) is 4.60. The lowest BCUT2D eigenvalue weighted by Crippen LogP contribution is -2.33. The van der Waals surface area contributed by atoms with Crippen molar-refractivity contribution in [3.63, 3.8) is 0 Å². The molecule has 0 atom stereocenters. The van der Waals surface area contributed by atoms with E-state index in [0.29, 0.717) is 5.41 Å². The zero-order valence-corrected chi connectivity index (χ0v) is 10.5. The van der Waals surface area contributed by atoms with E-state index in [-0.39, 0.29) is 0 Å². The molecule has 1 fully saturated rings. The van der Waals surface area contributed by atoms with Crippen LogP contribution in [0.4, 0.5) is 0 Å². The Morgan fingerprint density at radius 3 is 2.53 bits per heavy atom. The largest absolute Gasteiger partial charge is 0.126 e. The van der Waals surface area contributed by atoms with E-state index in [1.165, 1.54) is 30.4 Å². The van der Waals surface area contributed by atoms with Gasteiger partial charge in [-0.2, -0.15) is 0 Å². The van der Waals surface area contributed by atoms with Gasteiger partial charge in [0.25, 0.3) is 0 Å². The van der Waals surface area contributed by atoms with Gasteiger partial charge in [-0.25, -0.2) is 0 Å². The second-order valence-corrected chi connectivity index (χ2v) is 5.43. The number of hydrogen-bond acceptors (Lipinski definition) is 0. The molecule has 0 spiro atoms. The highest BCUT2D eigenvalue weighted by Crippen LogP contribution is 2.45. The van der Waals surface area contributed by atoms with Crippen LogP contribution < -0.4 is 0 Å². The quantitative estimate of drug-likeness (QED) is 0.680. The Hall–Kier alpha value is -0.200. The molecule has 0 heterocycles. The van der Waals surface area contributed by atoms with E-state index in [0.717, 1.165) is 17.3 Å². The Kier molecular flexibility index (Phi) is 3.27. The molecule has 1 aromatic rings. The van der Waals surface area contributed by atoms with Gasteiger partial charge in [-0.05, 0) is 48.8 Å². The minimum atomic E-state index is 0.334. The molecule has 1 aromatic carbocycles. The lowest BCUT2D eigenvalue weighted by Gasteiger charge is -2.40. The zero-order valence-electron chi connectivity index (χ0n) is 9.02. The second-order valence-electron chi connectivity index (χ2n) is 4.76. The number of hydrogen-bond donors (Lipinski definition) is 0. The standard InChI is InChI=1S/C13H16Cl2/c1-10-3-4-11(12(15)7-10)8-13(9-14)5-2-6-13/h3-4,7H,2,5-6,8-9H2,1H3. The van der Waals surface area contributed by atoms with Crippen molar-refractivity contribution >= 4 is 23.2 Å². The van der Waals surface area contributed by atoms with Crippen LogP contribution >= 0.6 is 23.2 Å². The van der Waals surface area contributed by atoms with Crippen LogP contribution in [-0.2, 0) is 6.42 Å². The van der Waals surface area contributed by atoms with Gasteiger partial charge in [0, 0.05) is 10.9 Å². The van der Waals surface area contributed by atoms with Gasteiger partial charge >= 0.3 is 0 Å². The summed E-state index contributed by atoms with van der Waals surface area (Å²) >= 11 is 12.3. The highest BCUT2D eigenvalue weighted by molar-refractivity contribution is 6.31. The first-order chi connectivity index (χ1) is 7.15. The summed E-state index contributed by atoms with van der Waals surface area (Å²) in [4.78, 5) is 0. The van der Waals surface area contributed by atoms with Crippen LogP contribution in [0.3, 0.4) is 0 Å². The van der Waals surface area contributed by atoms with Crippen molar-refractivity contribution < 1.29 is 0 Å². The monoisotopic (exact) mass is 242 g/mol. The van der Waals surface area contributed by atoms with E-state index in [1.54, 1.807) is 0 Å². The van der Waals surface area contributed by atoms with Crippen molar-refractivity contribution in [1.82, 2.24) is 0 Å². The molecular weight excluding hydrogens is 227 g/mol. The van der Waals surface area contributed by atoms with Gasteiger partial charge in [0.1, 0.15) is 0 Å². The Labute approximate surface area is 102 Å². The molecule has 1 aliphatic carbocycles. The molecule has 0 N–H and O–H groups in total. The molecular formula is C13H16Cl2. The van der Waals surface area contributed by atoms with E-state index in [9.17, 15) is 0 Å². The molecule has 0 nitrogen and oxygen atoms in total. The van der Waals surface area contributed by atoms with Crippen LogP contribution in [0.2, 0.25) is 5.02 Å². The van der Waals surface area contributed by atoms with Gasteiger partial charge in [0.05, 0.1) is 0 Å². The number of aryl methyl sites for hydroxylation is 1. The lowest BCUT2D eigenvalue weighted by molar-refractivity contribution is 0.166. The minimum Gasteiger partial charge on any atom is -0.126 e. The molecule has 1 aliphatic rings. The van der Waals surface area contributed by atoms with E-state index in [4.69, 9.17) is 23.2 Å². The smallest absolute Gasteiger partial charge is 0.0440 e. The second kappa shape index (κ2) is 4.35. The van der Waals surface area contributed by atoms with Crippen LogP contribution in [-0.4, -0.2) is 5.88 Å². The normalized spacial score (nSPS) is 18.6. The summed E-state index contributed by atoms with van der Waals surface area (Å²) < 4.78 is 0. The maximum absolute atomic E-state index is 6.23. The maximum atomic E-state index is 6.23. The highest BCUT2D eigenvalue weighted by Gasteiger charge is 2.36. The molecule has 15 heavy (non-hydrogen) atoms. The topological polar surface area (TPSA) is 0 Å². The molecule has 0 amide bonds. The maximum Gasteiger partial charge on any atom is 0.0440 e. The Balaban J connectivity index is 2.16. The third-order valence-corrected chi connectivity index (χ3v) is 4.39. The first-order valence-electron chi connectivity index (χ1n) is 5.46. The van der Waals surface area contributed by atoms with E-state index in [2.05, 4.69) is 19.1 Å². The van der Waals surface area contributed by atoms with Crippen molar-refractivity contribution in [3.05, 3.63) is 34.3 Å². The van der Waals surface area contributed by atoms with Crippen molar-refractivity contribution in [1.29, 1.82) is 0 Å². The third-order valence-electron chi connectivity index (χ3n) is 3.47. The molecule has 0 saturated heterocycles. The highest BCUT2D eigenvalue weighted by atomic mass is 35.5. The predicted molar refractivity (Wildman–Crippen MR) is 66.9 cm³/mol. The molecule has 0 radical (unpaired) electrons. The fraction of sp³-hybridized carbons (Fsp3) is 0.538. The number of halogens is 2. The summed E-state index contributed by atoms with van der Waals surface area (Å²) in [7, 11) is 0. The fourth-order valence-electron chi connectivity index (χ4n) is 2.23. The van der Waals surface area contributed by atoms with Crippen LogP contribution in [0.15, 0.2) is 18.2 Å². The van der Waals surface area contributed by atoms with Gasteiger partial charge < -0.3 is 0 Å². The summed E-state index contributed by atoms with van der Waals surface area (Å²) in [6.45, 7) is 2.07. The summed E-state index contributed by atoms with van der Waals surface area (Å²) in [5, 5.41) is 0.895. The van der Waals surface area contributed by atoms with Crippen molar-refractivity contribution in [2.24, 2.45) is 5.41 Å². The molecule has 2 rings (SSSR count). The van der Waals surface area contributed by atoms with Gasteiger partial charge in [-0.15, -0.1) is 11.6 Å². The summed E-state index contributed by atoms with van der Waals surface area (Å²) in [6.07, 6.45) is 4.85. The van der Waals surface area contributed by atoms with Gasteiger partial charge in [-0.1, -0.05) is 30.2 Å². The van der Waals surface area contributed by atoms with E-state index >= 15 is 0 Å². The fourth-order valence-corrected chi connectivity index (χ4v) is 2.90. The molecule has 0 bridgehead atoms. The Bertz CT molecular complexity index is 348. The zero-order chi connectivity index (χ0) is 10.9. The van der Waals surface area contributed by atoms with Crippen molar-refractivity contribution in [2.45, 2.75) is 32.6 Å². The molecule has 1 saturated carbocycles. The first kappa shape index (κ1) is 11.3. The molecule has 0 aliphatic heterocycles. The van der Waals surface area contributed by atoms with Gasteiger partial charge in [0.2, 0.25) is 0 Å². The minimum absolute atomic E-state index is 0.334. The van der Waals surface area contributed by atoms with Crippen LogP contribution in [0.1, 0.15) is 30.4 Å². The third kappa shape index (κ3) is 2.32. The molecule has 0 unspecified atom stereocenters. The first-order valence-corrected chi connectivity index (χ1v) is 6.37. The lowest BCUT2D eigenvalue weighted by atomic mass is 9.67. The van der Waals surface area contributed by atoms with Gasteiger partial charge in [-0.3, -0.25) is 0 Å². The Morgan fingerprint density at radius 2 is 2.07 bits per heavy atom. The van der Waals surface area contributed by atoms with Crippen LogP contribution in [0, 0.1) is 12.3 Å². The van der Waals surface area contributed by atoms with Crippen LogP contribution in [0.5, 0.6) is 0 Å². The Morgan fingerprint density at radius 1 is 1.33 bits per heavy atom. The number of alkyl halides is 1. The average Bonchev–Trinajstić information content (AvgIpc) is 2.14. The van der Waals surface area contributed by atoms with E-state index < -0.39 is 0 Å². The van der Waals surface area contributed by atoms with Crippen molar-refractivity contribution in [2.75, 3.05) is 5.88 Å². The van der Waals surface area contributed by atoms with E-state index in [1.807, 2.05) is 6.07 Å². The van der Waals surface area contributed by atoms with Gasteiger partial charge in [0.15, 0.2) is 0 Å². The summed E-state index contributed by atoms with van der Waals surface area (Å²) in [6, 6.07) is 6.31. The summed E-state index contributed by atoms with van der Waals surface area (Å²) in [5.74, 6) is 0.761. The van der Waals surface area contributed by atoms with Crippen LogP contribution in [0.25, 0.3) is 0 Å². The summed E-state index contributed by atoms with van der Waals surface area (Å²) in [5.41, 5.74) is 2.81. The molecule has 0 aromatic heterocycles.